The van der Waals surface area contributed by atoms with Gasteiger partial charge in [0.2, 0.25) is 0 Å². The van der Waals surface area contributed by atoms with E-state index in [1.807, 2.05) is 13.8 Å². The van der Waals surface area contributed by atoms with Crippen molar-refractivity contribution in [3.63, 3.8) is 0 Å². The van der Waals surface area contributed by atoms with E-state index >= 15 is 0 Å². The Kier molecular flexibility index (Phi) is 7.66. The van der Waals surface area contributed by atoms with Crippen LogP contribution in [0.25, 0.3) is 0 Å². The summed E-state index contributed by atoms with van der Waals surface area (Å²) in [5.41, 5.74) is 0. The molecule has 0 aliphatic rings. The second kappa shape index (κ2) is 9.54. The number of carbonyl (C=O) groups is 1. The van der Waals surface area contributed by atoms with Crippen LogP contribution in [0.2, 0.25) is 0 Å². The molecule has 0 bridgehead atoms. The number of urea groups is 1. The van der Waals surface area contributed by atoms with E-state index in [9.17, 15) is 14.9 Å². The number of hydrogen-bond donors (Lipinski definition) is 1. The number of carbonyl (C=O) groups excluding carboxylic acids is 1. The highest BCUT2D eigenvalue weighted by Gasteiger charge is 2.13. The Morgan fingerprint density at radius 3 is 2.73 bits per heavy atom. The van der Waals surface area contributed by atoms with Gasteiger partial charge in [0, 0.05) is 13.1 Å². The molecule has 0 saturated carbocycles. The molecule has 2 amide bonds. The van der Waals surface area contributed by atoms with Crippen molar-refractivity contribution >= 4 is 18.1 Å². The zero-order valence-electron chi connectivity index (χ0n) is 12.9. The topological polar surface area (TPSA) is 101 Å². The van der Waals surface area contributed by atoms with Gasteiger partial charge in [-0.3, -0.25) is 10.1 Å². The van der Waals surface area contributed by atoms with Gasteiger partial charge in [0.05, 0.1) is 12.3 Å². The van der Waals surface area contributed by atoms with Gasteiger partial charge in [-0.25, -0.2) is 9.80 Å². The van der Waals surface area contributed by atoms with Gasteiger partial charge < -0.3 is 9.73 Å². The number of amides is 2. The fourth-order valence-electron chi connectivity index (χ4n) is 1.62. The van der Waals surface area contributed by atoms with Crippen LogP contribution < -0.4 is 5.32 Å². The molecule has 0 aliphatic carbocycles. The van der Waals surface area contributed by atoms with Crippen molar-refractivity contribution in [2.45, 2.75) is 39.5 Å². The van der Waals surface area contributed by atoms with Crippen molar-refractivity contribution in [1.82, 2.24) is 10.3 Å². The van der Waals surface area contributed by atoms with Gasteiger partial charge in [-0.05, 0) is 18.9 Å². The molecular weight excluding hydrogens is 288 g/mol. The third-order valence-electron chi connectivity index (χ3n) is 2.88. The summed E-state index contributed by atoms with van der Waals surface area (Å²) in [5.74, 6) is -0.122. The summed E-state index contributed by atoms with van der Waals surface area (Å²) in [7, 11) is 0. The molecule has 122 valence electrons. The molecule has 8 nitrogen and oxygen atoms in total. The Hall–Kier alpha value is -2.38. The first-order valence-electron chi connectivity index (χ1n) is 7.42. The van der Waals surface area contributed by atoms with Crippen LogP contribution in [-0.2, 0) is 0 Å². The fourth-order valence-corrected chi connectivity index (χ4v) is 1.62. The molecule has 0 radical (unpaired) electrons. The molecule has 0 unspecified atom stereocenters. The fraction of sp³-hybridized carbons (Fsp3) is 0.571. The predicted molar refractivity (Wildman–Crippen MR) is 82.9 cm³/mol. The number of nitro groups is 1. The van der Waals surface area contributed by atoms with Gasteiger partial charge in [0.15, 0.2) is 5.76 Å². The summed E-state index contributed by atoms with van der Waals surface area (Å²) in [6, 6.07) is 2.41. The molecule has 0 aliphatic heterocycles. The van der Waals surface area contributed by atoms with E-state index in [0.717, 1.165) is 25.7 Å². The van der Waals surface area contributed by atoms with Crippen LogP contribution in [0.1, 0.15) is 45.3 Å². The first-order chi connectivity index (χ1) is 10.6. The lowest BCUT2D eigenvalue weighted by Gasteiger charge is -2.17. The van der Waals surface area contributed by atoms with Crippen molar-refractivity contribution in [2.24, 2.45) is 5.10 Å². The Bertz CT molecular complexity index is 513. The number of nitrogens with one attached hydrogen (secondary N) is 1. The molecule has 1 N–H and O–H groups in total. The molecular formula is C14H22N4O4. The predicted octanol–water partition coefficient (Wildman–Crippen LogP) is 3.13. The lowest BCUT2D eigenvalue weighted by atomic mass is 10.3. The standard InChI is InChI=1S/C14H22N4O4/c1-3-5-9-15-14(19)17(10-6-4-2)16-11-12-7-8-13(22-12)18(20)21/h7-8,11H,3-6,9-10H2,1-2H3,(H,15,19)/b16-11+. The van der Waals surface area contributed by atoms with Crippen molar-refractivity contribution in [3.8, 4) is 0 Å². The monoisotopic (exact) mass is 310 g/mol. The molecule has 1 aromatic heterocycles. The zero-order valence-corrected chi connectivity index (χ0v) is 12.9. The van der Waals surface area contributed by atoms with Gasteiger partial charge in [-0.15, -0.1) is 0 Å². The normalized spacial score (nSPS) is 10.8. The summed E-state index contributed by atoms with van der Waals surface area (Å²) in [4.78, 5) is 21.9. The molecule has 1 rings (SSSR count). The van der Waals surface area contributed by atoms with E-state index < -0.39 is 4.92 Å². The summed E-state index contributed by atoms with van der Waals surface area (Å²) in [5, 5.41) is 18.7. The molecule has 0 atom stereocenters. The van der Waals surface area contributed by atoms with E-state index in [1.54, 1.807) is 0 Å². The molecule has 1 aromatic rings. The van der Waals surface area contributed by atoms with Gasteiger partial charge >= 0.3 is 11.9 Å². The van der Waals surface area contributed by atoms with Gasteiger partial charge in [-0.2, -0.15) is 5.10 Å². The van der Waals surface area contributed by atoms with E-state index in [2.05, 4.69) is 10.4 Å². The van der Waals surface area contributed by atoms with Crippen LogP contribution >= 0.6 is 0 Å². The molecule has 0 saturated heterocycles. The molecule has 22 heavy (non-hydrogen) atoms. The third-order valence-corrected chi connectivity index (χ3v) is 2.88. The third kappa shape index (κ3) is 5.94. The maximum atomic E-state index is 12.0. The Morgan fingerprint density at radius 2 is 2.14 bits per heavy atom. The maximum absolute atomic E-state index is 12.0. The molecule has 0 fully saturated rings. The lowest BCUT2D eigenvalue weighted by Crippen LogP contribution is -2.37. The van der Waals surface area contributed by atoms with Crippen molar-refractivity contribution in [3.05, 3.63) is 28.0 Å². The number of hydrazone groups is 1. The van der Waals surface area contributed by atoms with Crippen LogP contribution in [0.5, 0.6) is 0 Å². The number of hydrogen-bond acceptors (Lipinski definition) is 5. The lowest BCUT2D eigenvalue weighted by molar-refractivity contribution is -0.402. The molecule has 8 heteroatoms. The number of unbranched alkanes of at least 4 members (excludes halogenated alkanes) is 2. The summed E-state index contributed by atoms with van der Waals surface area (Å²) >= 11 is 0. The minimum atomic E-state index is -0.621. The number of rotatable bonds is 9. The van der Waals surface area contributed by atoms with E-state index in [1.165, 1.54) is 23.4 Å². The zero-order chi connectivity index (χ0) is 16.4. The van der Waals surface area contributed by atoms with Crippen LogP contribution in [-0.4, -0.2) is 35.3 Å². The second-order valence-corrected chi connectivity index (χ2v) is 4.74. The van der Waals surface area contributed by atoms with E-state index in [4.69, 9.17) is 4.42 Å². The van der Waals surface area contributed by atoms with Crippen molar-refractivity contribution < 1.29 is 14.1 Å². The second-order valence-electron chi connectivity index (χ2n) is 4.74. The highest BCUT2D eigenvalue weighted by molar-refractivity contribution is 5.79. The van der Waals surface area contributed by atoms with E-state index in [0.29, 0.717) is 13.1 Å². The molecule has 0 aromatic carbocycles. The summed E-state index contributed by atoms with van der Waals surface area (Å²) in [6.07, 6.45) is 4.95. The largest absolute Gasteiger partial charge is 0.433 e. The number of furan rings is 1. The van der Waals surface area contributed by atoms with Crippen LogP contribution in [0, 0.1) is 10.1 Å². The van der Waals surface area contributed by atoms with Crippen molar-refractivity contribution in [2.75, 3.05) is 13.1 Å². The van der Waals surface area contributed by atoms with Gasteiger partial charge in [0.1, 0.15) is 4.92 Å². The summed E-state index contributed by atoms with van der Waals surface area (Å²) < 4.78 is 4.97. The highest BCUT2D eigenvalue weighted by Crippen LogP contribution is 2.14. The first kappa shape index (κ1) is 17.7. The van der Waals surface area contributed by atoms with E-state index in [-0.39, 0.29) is 17.7 Å². The van der Waals surface area contributed by atoms with Gasteiger partial charge in [-0.1, -0.05) is 26.7 Å². The van der Waals surface area contributed by atoms with Crippen LogP contribution in [0.4, 0.5) is 10.7 Å². The highest BCUT2D eigenvalue weighted by atomic mass is 16.6. The van der Waals surface area contributed by atoms with Crippen LogP contribution in [0.3, 0.4) is 0 Å². The first-order valence-corrected chi connectivity index (χ1v) is 7.42. The average molecular weight is 310 g/mol. The number of nitrogens with zero attached hydrogens (tertiary/aromatic N) is 3. The summed E-state index contributed by atoms with van der Waals surface area (Å²) in [6.45, 7) is 5.14. The van der Waals surface area contributed by atoms with Crippen LogP contribution in [0.15, 0.2) is 21.7 Å². The smallest absolute Gasteiger partial charge is 0.400 e. The quantitative estimate of drug-likeness (QED) is 0.327. The average Bonchev–Trinajstić information content (AvgIpc) is 2.96. The minimum absolute atomic E-state index is 0.231. The maximum Gasteiger partial charge on any atom is 0.433 e. The molecule has 0 spiro atoms. The SMILES string of the molecule is CCCCNC(=O)N(CCCC)/N=C/c1ccc([N+](=O)[O-])o1. The van der Waals surface area contributed by atoms with Crippen molar-refractivity contribution in [1.29, 1.82) is 0 Å². The Balaban J connectivity index is 2.67. The Labute approximate surface area is 129 Å². The van der Waals surface area contributed by atoms with Gasteiger partial charge in [0.25, 0.3) is 0 Å². The Morgan fingerprint density at radius 1 is 1.41 bits per heavy atom. The minimum Gasteiger partial charge on any atom is -0.400 e. The molecule has 1 heterocycles.